The molecule has 106 valence electrons. The molecule has 0 bridgehead atoms. The minimum absolute atomic E-state index is 0.193. The largest absolute Gasteiger partial charge is 0.326 e. The highest BCUT2D eigenvalue weighted by Gasteiger charge is 2.32. The zero-order chi connectivity index (χ0) is 14.1. The van der Waals surface area contributed by atoms with Crippen LogP contribution in [0.15, 0.2) is 36.7 Å². The third-order valence-corrected chi connectivity index (χ3v) is 4.40. The van der Waals surface area contributed by atoms with Gasteiger partial charge in [-0.25, -0.2) is 0 Å². The van der Waals surface area contributed by atoms with E-state index in [1.165, 1.54) is 22.8 Å². The molecule has 20 heavy (non-hydrogen) atoms. The van der Waals surface area contributed by atoms with Crippen LogP contribution in [-0.2, 0) is 0 Å². The van der Waals surface area contributed by atoms with Gasteiger partial charge < -0.3 is 5.73 Å². The number of nitrogens with zero attached hydrogens (tertiary/aromatic N) is 2. The van der Waals surface area contributed by atoms with Gasteiger partial charge in [-0.15, -0.1) is 0 Å². The van der Waals surface area contributed by atoms with Crippen LogP contribution >= 0.6 is 0 Å². The van der Waals surface area contributed by atoms with Crippen LogP contribution in [0.25, 0.3) is 10.8 Å². The Morgan fingerprint density at radius 3 is 2.85 bits per heavy atom. The topological polar surface area (TPSA) is 42.1 Å². The van der Waals surface area contributed by atoms with Crippen LogP contribution in [-0.4, -0.2) is 28.5 Å². The standard InChI is InChI=1S/C17H23N3/c1-12(2)20-9-5-8-16(18)17(20)15-11-19-10-13-6-3-4-7-14(13)15/h3-4,6-7,10-12,16-17H,5,8-9,18H2,1-2H3. The molecular weight excluding hydrogens is 246 g/mol. The number of hydrogen-bond donors (Lipinski definition) is 1. The minimum Gasteiger partial charge on any atom is -0.326 e. The Balaban J connectivity index is 2.11. The highest BCUT2D eigenvalue weighted by atomic mass is 15.2. The van der Waals surface area contributed by atoms with Gasteiger partial charge in [0, 0.05) is 29.9 Å². The normalized spacial score (nSPS) is 24.4. The maximum atomic E-state index is 6.46. The van der Waals surface area contributed by atoms with E-state index in [2.05, 4.69) is 48.0 Å². The SMILES string of the molecule is CC(C)N1CCCC(N)C1c1cncc2ccccc12. The first-order valence-electron chi connectivity index (χ1n) is 7.52. The van der Waals surface area contributed by atoms with Gasteiger partial charge in [0.15, 0.2) is 0 Å². The summed E-state index contributed by atoms with van der Waals surface area (Å²) in [5, 5.41) is 2.49. The van der Waals surface area contributed by atoms with E-state index in [0.29, 0.717) is 6.04 Å². The molecule has 2 unspecified atom stereocenters. The van der Waals surface area contributed by atoms with E-state index in [4.69, 9.17) is 5.73 Å². The molecule has 0 amide bonds. The van der Waals surface area contributed by atoms with E-state index < -0.39 is 0 Å². The number of nitrogens with two attached hydrogens (primary N) is 1. The molecule has 0 saturated carbocycles. The fourth-order valence-electron chi connectivity index (χ4n) is 3.42. The summed E-state index contributed by atoms with van der Waals surface area (Å²) in [4.78, 5) is 6.96. The van der Waals surface area contributed by atoms with Gasteiger partial charge in [-0.1, -0.05) is 24.3 Å². The molecule has 1 aliphatic rings. The molecule has 3 nitrogen and oxygen atoms in total. The van der Waals surface area contributed by atoms with Crippen molar-refractivity contribution in [3.05, 3.63) is 42.2 Å². The smallest absolute Gasteiger partial charge is 0.0523 e. The van der Waals surface area contributed by atoms with Gasteiger partial charge in [-0.3, -0.25) is 9.88 Å². The average Bonchev–Trinajstić information content (AvgIpc) is 2.46. The number of benzene rings is 1. The average molecular weight is 269 g/mol. The van der Waals surface area contributed by atoms with Crippen LogP contribution in [0, 0.1) is 0 Å². The Morgan fingerprint density at radius 1 is 1.25 bits per heavy atom. The summed E-state index contributed by atoms with van der Waals surface area (Å²) < 4.78 is 0. The molecule has 1 fully saturated rings. The molecule has 2 atom stereocenters. The van der Waals surface area contributed by atoms with Crippen molar-refractivity contribution < 1.29 is 0 Å². The lowest BCUT2D eigenvalue weighted by molar-refractivity contribution is 0.0954. The number of rotatable bonds is 2. The molecule has 2 N–H and O–H groups in total. The zero-order valence-electron chi connectivity index (χ0n) is 12.3. The van der Waals surface area contributed by atoms with Crippen molar-refractivity contribution in [2.24, 2.45) is 5.73 Å². The van der Waals surface area contributed by atoms with Crippen LogP contribution in [0.2, 0.25) is 0 Å². The summed E-state index contributed by atoms with van der Waals surface area (Å²) in [7, 11) is 0. The van der Waals surface area contributed by atoms with Gasteiger partial charge >= 0.3 is 0 Å². The van der Waals surface area contributed by atoms with Crippen LogP contribution in [0.1, 0.15) is 38.3 Å². The monoisotopic (exact) mass is 269 g/mol. The van der Waals surface area contributed by atoms with Crippen molar-refractivity contribution in [2.45, 2.75) is 44.8 Å². The molecule has 3 heteroatoms. The van der Waals surface area contributed by atoms with E-state index >= 15 is 0 Å². The predicted octanol–water partition coefficient (Wildman–Crippen LogP) is 3.11. The lowest BCUT2D eigenvalue weighted by Crippen LogP contribution is -2.48. The molecule has 1 saturated heterocycles. The number of hydrogen-bond acceptors (Lipinski definition) is 3. The second kappa shape index (κ2) is 5.51. The summed E-state index contributed by atoms with van der Waals surface area (Å²) in [6, 6.07) is 9.45. The molecule has 3 rings (SSSR count). The van der Waals surface area contributed by atoms with Crippen molar-refractivity contribution in [1.29, 1.82) is 0 Å². The van der Waals surface area contributed by atoms with E-state index in [0.717, 1.165) is 13.0 Å². The minimum atomic E-state index is 0.193. The summed E-state index contributed by atoms with van der Waals surface area (Å²) in [6.07, 6.45) is 6.23. The second-order valence-electron chi connectivity index (χ2n) is 6.03. The van der Waals surface area contributed by atoms with Crippen molar-refractivity contribution in [3.63, 3.8) is 0 Å². The first-order chi connectivity index (χ1) is 9.68. The Labute approximate surface area is 120 Å². The van der Waals surface area contributed by atoms with Crippen LogP contribution in [0.5, 0.6) is 0 Å². The Kier molecular flexibility index (Phi) is 3.72. The van der Waals surface area contributed by atoms with Gasteiger partial charge in [0.25, 0.3) is 0 Å². The Hall–Kier alpha value is -1.45. The highest BCUT2D eigenvalue weighted by Crippen LogP contribution is 2.35. The highest BCUT2D eigenvalue weighted by molar-refractivity contribution is 5.85. The molecule has 0 aliphatic carbocycles. The van der Waals surface area contributed by atoms with Gasteiger partial charge in [-0.2, -0.15) is 0 Å². The van der Waals surface area contributed by atoms with E-state index in [-0.39, 0.29) is 12.1 Å². The molecule has 2 heterocycles. The molecule has 0 radical (unpaired) electrons. The Morgan fingerprint density at radius 2 is 2.05 bits per heavy atom. The maximum Gasteiger partial charge on any atom is 0.0523 e. The third kappa shape index (κ3) is 2.32. The second-order valence-corrected chi connectivity index (χ2v) is 6.03. The van der Waals surface area contributed by atoms with Crippen molar-refractivity contribution in [3.8, 4) is 0 Å². The third-order valence-electron chi connectivity index (χ3n) is 4.40. The van der Waals surface area contributed by atoms with Gasteiger partial charge in [-0.05, 0) is 44.2 Å². The molecule has 1 aromatic heterocycles. The molecular formula is C17H23N3. The maximum absolute atomic E-state index is 6.46. The van der Waals surface area contributed by atoms with Crippen LogP contribution in [0.3, 0.4) is 0 Å². The molecule has 2 aromatic rings. The van der Waals surface area contributed by atoms with Crippen molar-refractivity contribution in [2.75, 3.05) is 6.54 Å². The quantitative estimate of drug-likeness (QED) is 0.911. The molecule has 1 aromatic carbocycles. The first kappa shape index (κ1) is 13.5. The molecule has 1 aliphatic heterocycles. The summed E-state index contributed by atoms with van der Waals surface area (Å²) in [5.41, 5.74) is 7.74. The summed E-state index contributed by atoms with van der Waals surface area (Å²) >= 11 is 0. The number of likely N-dealkylation sites (tertiary alicyclic amines) is 1. The number of pyridine rings is 1. The van der Waals surface area contributed by atoms with Crippen LogP contribution < -0.4 is 5.73 Å². The fourth-order valence-corrected chi connectivity index (χ4v) is 3.42. The lowest BCUT2D eigenvalue weighted by atomic mass is 9.88. The van der Waals surface area contributed by atoms with Gasteiger partial charge in [0.2, 0.25) is 0 Å². The van der Waals surface area contributed by atoms with E-state index in [9.17, 15) is 0 Å². The number of piperidine rings is 1. The van der Waals surface area contributed by atoms with Gasteiger partial charge in [0.1, 0.15) is 0 Å². The number of fused-ring (bicyclic) bond motifs is 1. The van der Waals surface area contributed by atoms with Crippen molar-refractivity contribution >= 4 is 10.8 Å². The van der Waals surface area contributed by atoms with E-state index in [1.54, 1.807) is 0 Å². The predicted molar refractivity (Wildman–Crippen MR) is 83.5 cm³/mol. The van der Waals surface area contributed by atoms with Gasteiger partial charge in [0.05, 0.1) is 6.04 Å². The fraction of sp³-hybridized carbons (Fsp3) is 0.471. The summed E-state index contributed by atoms with van der Waals surface area (Å²) in [6.45, 7) is 5.63. The van der Waals surface area contributed by atoms with E-state index in [1.807, 2.05) is 12.4 Å². The lowest BCUT2D eigenvalue weighted by Gasteiger charge is -2.42. The number of aromatic nitrogens is 1. The van der Waals surface area contributed by atoms with Crippen LogP contribution in [0.4, 0.5) is 0 Å². The van der Waals surface area contributed by atoms with Crippen molar-refractivity contribution in [1.82, 2.24) is 9.88 Å². The molecule has 0 spiro atoms. The zero-order valence-corrected chi connectivity index (χ0v) is 12.3. The summed E-state index contributed by atoms with van der Waals surface area (Å²) in [5.74, 6) is 0. The first-order valence-corrected chi connectivity index (χ1v) is 7.52. The Bertz CT molecular complexity index is 588.